The maximum absolute atomic E-state index is 5.42. The van der Waals surface area contributed by atoms with Crippen molar-refractivity contribution in [2.75, 3.05) is 19.6 Å². The Morgan fingerprint density at radius 3 is 2.05 bits per heavy atom. The van der Waals surface area contributed by atoms with Gasteiger partial charge in [-0.25, -0.2) is 0 Å². The fraction of sp³-hybridized carbons (Fsp3) is 0.647. The Morgan fingerprint density at radius 2 is 1.47 bits per heavy atom. The normalized spacial score (nSPS) is 12.7. The molecular weight excluding hydrogens is 232 g/mol. The van der Waals surface area contributed by atoms with E-state index in [0.29, 0.717) is 6.54 Å². The molecule has 0 heterocycles. The average Bonchev–Trinajstić information content (AvgIpc) is 2.34. The van der Waals surface area contributed by atoms with Gasteiger partial charge >= 0.3 is 0 Å². The SMILES string of the molecule is CC(C)=CCC/C(C)=C\CCC(C)=CCNCCN. The first-order chi connectivity index (χ1) is 9.06. The van der Waals surface area contributed by atoms with Crippen molar-refractivity contribution in [3.63, 3.8) is 0 Å². The maximum Gasteiger partial charge on any atom is 0.0137 e. The molecule has 0 aromatic carbocycles. The molecule has 0 spiro atoms. The fourth-order valence-electron chi connectivity index (χ4n) is 1.79. The largest absolute Gasteiger partial charge is 0.329 e. The summed E-state index contributed by atoms with van der Waals surface area (Å²) in [6.45, 7) is 11.3. The van der Waals surface area contributed by atoms with Gasteiger partial charge in [-0.15, -0.1) is 0 Å². The molecule has 0 bridgehead atoms. The lowest BCUT2D eigenvalue weighted by Crippen LogP contribution is -2.22. The van der Waals surface area contributed by atoms with Crippen molar-refractivity contribution in [3.05, 3.63) is 34.9 Å². The van der Waals surface area contributed by atoms with E-state index in [4.69, 9.17) is 5.73 Å². The zero-order valence-electron chi connectivity index (χ0n) is 13.3. The summed E-state index contributed by atoms with van der Waals surface area (Å²) in [5.74, 6) is 0. The Morgan fingerprint density at radius 1 is 0.895 bits per heavy atom. The van der Waals surface area contributed by atoms with Crippen LogP contribution in [0, 0.1) is 0 Å². The molecular formula is C17H32N2. The van der Waals surface area contributed by atoms with Crippen LogP contribution in [-0.2, 0) is 0 Å². The molecule has 0 unspecified atom stereocenters. The summed E-state index contributed by atoms with van der Waals surface area (Å²) in [6, 6.07) is 0. The van der Waals surface area contributed by atoms with E-state index in [1.165, 1.54) is 29.6 Å². The molecule has 0 atom stereocenters. The van der Waals surface area contributed by atoms with Crippen LogP contribution in [0.1, 0.15) is 53.4 Å². The highest BCUT2D eigenvalue weighted by molar-refractivity contribution is 5.05. The van der Waals surface area contributed by atoms with E-state index in [1.807, 2.05) is 0 Å². The second-order valence-electron chi connectivity index (χ2n) is 5.45. The predicted molar refractivity (Wildman–Crippen MR) is 87.3 cm³/mol. The molecule has 0 aliphatic rings. The molecule has 0 aromatic heterocycles. The van der Waals surface area contributed by atoms with Crippen LogP contribution in [-0.4, -0.2) is 19.6 Å². The van der Waals surface area contributed by atoms with Crippen LogP contribution in [0.3, 0.4) is 0 Å². The van der Waals surface area contributed by atoms with Crippen molar-refractivity contribution in [2.24, 2.45) is 5.73 Å². The molecule has 2 heteroatoms. The topological polar surface area (TPSA) is 38.0 Å². The van der Waals surface area contributed by atoms with Gasteiger partial charge in [-0.1, -0.05) is 34.9 Å². The first-order valence-corrected chi connectivity index (χ1v) is 7.41. The fourth-order valence-corrected chi connectivity index (χ4v) is 1.79. The Kier molecular flexibility index (Phi) is 11.6. The number of hydrogen-bond acceptors (Lipinski definition) is 2. The van der Waals surface area contributed by atoms with Crippen LogP contribution in [0.25, 0.3) is 0 Å². The minimum Gasteiger partial charge on any atom is -0.329 e. The first-order valence-electron chi connectivity index (χ1n) is 7.41. The van der Waals surface area contributed by atoms with Gasteiger partial charge in [-0.05, 0) is 53.4 Å². The van der Waals surface area contributed by atoms with Crippen molar-refractivity contribution < 1.29 is 0 Å². The van der Waals surface area contributed by atoms with Gasteiger partial charge in [0.1, 0.15) is 0 Å². The second kappa shape index (κ2) is 12.2. The molecule has 19 heavy (non-hydrogen) atoms. The molecule has 0 rings (SSSR count). The molecule has 3 N–H and O–H groups in total. The minimum atomic E-state index is 0.709. The Bertz CT molecular complexity index is 307. The predicted octanol–water partition coefficient (Wildman–Crippen LogP) is 3.95. The van der Waals surface area contributed by atoms with Gasteiger partial charge < -0.3 is 11.1 Å². The van der Waals surface area contributed by atoms with E-state index in [1.54, 1.807) is 0 Å². The summed E-state index contributed by atoms with van der Waals surface area (Å²) < 4.78 is 0. The smallest absolute Gasteiger partial charge is 0.0137 e. The molecule has 0 aliphatic heterocycles. The number of allylic oxidation sites excluding steroid dienone is 5. The van der Waals surface area contributed by atoms with Crippen molar-refractivity contribution in [3.8, 4) is 0 Å². The number of rotatable bonds is 10. The molecule has 0 saturated carbocycles. The lowest BCUT2D eigenvalue weighted by Gasteiger charge is -2.02. The van der Waals surface area contributed by atoms with Gasteiger partial charge in [0.25, 0.3) is 0 Å². The van der Waals surface area contributed by atoms with Gasteiger partial charge in [-0.3, -0.25) is 0 Å². The lowest BCUT2D eigenvalue weighted by molar-refractivity contribution is 0.748. The van der Waals surface area contributed by atoms with E-state index >= 15 is 0 Å². The minimum absolute atomic E-state index is 0.709. The van der Waals surface area contributed by atoms with Crippen molar-refractivity contribution in [2.45, 2.75) is 53.4 Å². The van der Waals surface area contributed by atoms with Crippen LogP contribution in [0.4, 0.5) is 0 Å². The number of nitrogens with two attached hydrogens (primary N) is 1. The summed E-state index contributed by atoms with van der Waals surface area (Å²) in [4.78, 5) is 0. The highest BCUT2D eigenvalue weighted by Crippen LogP contribution is 2.11. The summed E-state index contributed by atoms with van der Waals surface area (Å²) in [5, 5.41) is 3.28. The zero-order chi connectivity index (χ0) is 14.5. The van der Waals surface area contributed by atoms with Crippen LogP contribution in [0.5, 0.6) is 0 Å². The van der Waals surface area contributed by atoms with Crippen LogP contribution in [0.15, 0.2) is 34.9 Å². The standard InChI is InChI=1S/C17H32N2/c1-15(2)7-5-8-16(3)9-6-10-17(4)11-13-19-14-12-18/h7,9,11,19H,5-6,8,10,12-14,18H2,1-4H3/b16-9-,17-11?. The molecule has 0 aliphatic carbocycles. The molecule has 0 fully saturated rings. The summed E-state index contributed by atoms with van der Waals surface area (Å²) in [7, 11) is 0. The summed E-state index contributed by atoms with van der Waals surface area (Å²) in [5.41, 5.74) is 9.80. The Hall–Kier alpha value is -0.860. The van der Waals surface area contributed by atoms with E-state index in [0.717, 1.165) is 25.9 Å². The number of nitrogens with one attached hydrogen (secondary N) is 1. The van der Waals surface area contributed by atoms with Crippen molar-refractivity contribution >= 4 is 0 Å². The van der Waals surface area contributed by atoms with Crippen molar-refractivity contribution in [1.82, 2.24) is 5.32 Å². The second-order valence-corrected chi connectivity index (χ2v) is 5.45. The molecule has 2 nitrogen and oxygen atoms in total. The summed E-state index contributed by atoms with van der Waals surface area (Å²) in [6.07, 6.45) is 11.6. The molecule has 0 aromatic rings. The van der Waals surface area contributed by atoms with E-state index in [9.17, 15) is 0 Å². The van der Waals surface area contributed by atoms with E-state index in [2.05, 4.69) is 51.2 Å². The van der Waals surface area contributed by atoms with Gasteiger partial charge in [0.15, 0.2) is 0 Å². The van der Waals surface area contributed by atoms with E-state index < -0.39 is 0 Å². The highest BCUT2D eigenvalue weighted by Gasteiger charge is 1.92. The zero-order valence-corrected chi connectivity index (χ0v) is 13.3. The summed E-state index contributed by atoms with van der Waals surface area (Å²) >= 11 is 0. The monoisotopic (exact) mass is 264 g/mol. The Balaban J connectivity index is 3.77. The van der Waals surface area contributed by atoms with Gasteiger partial charge in [0.05, 0.1) is 0 Å². The number of hydrogen-bond donors (Lipinski definition) is 2. The van der Waals surface area contributed by atoms with Crippen molar-refractivity contribution in [1.29, 1.82) is 0 Å². The van der Waals surface area contributed by atoms with Gasteiger partial charge in [0.2, 0.25) is 0 Å². The highest BCUT2D eigenvalue weighted by atomic mass is 14.9. The third-order valence-corrected chi connectivity index (χ3v) is 3.04. The molecule has 0 saturated heterocycles. The van der Waals surface area contributed by atoms with E-state index in [-0.39, 0.29) is 0 Å². The molecule has 0 radical (unpaired) electrons. The van der Waals surface area contributed by atoms with Crippen LogP contribution in [0.2, 0.25) is 0 Å². The average molecular weight is 264 g/mol. The lowest BCUT2D eigenvalue weighted by atomic mass is 10.1. The van der Waals surface area contributed by atoms with Crippen LogP contribution >= 0.6 is 0 Å². The third kappa shape index (κ3) is 13.4. The molecule has 0 amide bonds. The molecule has 110 valence electrons. The van der Waals surface area contributed by atoms with Gasteiger partial charge in [0, 0.05) is 19.6 Å². The van der Waals surface area contributed by atoms with Gasteiger partial charge in [-0.2, -0.15) is 0 Å². The maximum atomic E-state index is 5.42. The Labute approximate surface area is 119 Å². The quantitative estimate of drug-likeness (QED) is 0.463. The van der Waals surface area contributed by atoms with Crippen LogP contribution < -0.4 is 11.1 Å². The first kappa shape index (κ1) is 18.1. The third-order valence-electron chi connectivity index (χ3n) is 3.04.